The lowest BCUT2D eigenvalue weighted by Crippen LogP contribution is -2.28. The first-order chi connectivity index (χ1) is 14.3. The molecule has 0 bridgehead atoms. The number of hydrogen-bond acceptors (Lipinski definition) is 5. The van der Waals surface area contributed by atoms with E-state index in [0.717, 1.165) is 45.6 Å². The van der Waals surface area contributed by atoms with Crippen molar-refractivity contribution in [3.05, 3.63) is 64.7 Å². The number of aromatic amines is 1. The van der Waals surface area contributed by atoms with Crippen molar-refractivity contribution in [3.63, 3.8) is 0 Å². The van der Waals surface area contributed by atoms with E-state index in [1.807, 2.05) is 35.2 Å². The monoisotopic (exact) mass is 400 g/mol. The van der Waals surface area contributed by atoms with Crippen LogP contribution in [0.25, 0.3) is 22.0 Å². The molecular formula is C23H20N4OS. The van der Waals surface area contributed by atoms with Gasteiger partial charge in [0, 0.05) is 34.1 Å². The lowest BCUT2D eigenvalue weighted by atomic mass is 10.0. The van der Waals surface area contributed by atoms with Crippen molar-refractivity contribution in [2.24, 2.45) is 0 Å². The summed E-state index contributed by atoms with van der Waals surface area (Å²) in [7, 11) is 0. The molecular weight excluding hydrogens is 380 g/mol. The largest absolute Gasteiger partial charge is 0.490 e. The molecule has 1 fully saturated rings. The molecule has 0 aliphatic carbocycles. The van der Waals surface area contributed by atoms with E-state index in [-0.39, 0.29) is 0 Å². The van der Waals surface area contributed by atoms with E-state index in [0.29, 0.717) is 12.6 Å². The Hall–Kier alpha value is -3.14. The van der Waals surface area contributed by atoms with Crippen molar-refractivity contribution in [1.29, 1.82) is 0 Å². The minimum Gasteiger partial charge on any atom is -0.490 e. The summed E-state index contributed by atoms with van der Waals surface area (Å²) in [5.41, 5.74) is 4.81. The minimum absolute atomic E-state index is 0.435. The summed E-state index contributed by atoms with van der Waals surface area (Å²) in [4.78, 5) is 4.37. The molecule has 29 heavy (non-hydrogen) atoms. The van der Waals surface area contributed by atoms with E-state index >= 15 is 0 Å². The summed E-state index contributed by atoms with van der Waals surface area (Å²) >= 11 is 1.64. The van der Waals surface area contributed by atoms with Gasteiger partial charge in [-0.3, -0.25) is 10.1 Å². The van der Waals surface area contributed by atoms with Gasteiger partial charge in [0.05, 0.1) is 11.7 Å². The van der Waals surface area contributed by atoms with E-state index in [9.17, 15) is 0 Å². The SMILES string of the molecule is C(#Cc1n[nH]c2ccc(-c3cncc(OCC4CCCN4)c3)cc12)c1ccsc1. The highest BCUT2D eigenvalue weighted by Gasteiger charge is 2.14. The summed E-state index contributed by atoms with van der Waals surface area (Å²) in [5.74, 6) is 7.14. The number of aromatic nitrogens is 3. The Labute approximate surface area is 173 Å². The van der Waals surface area contributed by atoms with Gasteiger partial charge < -0.3 is 10.1 Å². The standard InChI is InChI=1S/C23H20N4OS/c1-2-19(25-8-1)14-28-20-10-18(12-24-13-20)17-4-6-23-21(11-17)22(26-27-23)5-3-16-7-9-29-15-16/h4,6-7,9-13,15,19,25H,1-2,8,14H2,(H,26,27). The molecule has 4 aromatic rings. The minimum atomic E-state index is 0.435. The first kappa shape index (κ1) is 17.9. The molecule has 1 aliphatic rings. The highest BCUT2D eigenvalue weighted by Crippen LogP contribution is 2.27. The number of H-pyrrole nitrogens is 1. The molecule has 1 aromatic carbocycles. The third-order valence-electron chi connectivity index (χ3n) is 5.07. The van der Waals surface area contributed by atoms with Gasteiger partial charge in [0.2, 0.25) is 0 Å². The molecule has 3 aromatic heterocycles. The zero-order chi connectivity index (χ0) is 19.5. The summed E-state index contributed by atoms with van der Waals surface area (Å²) in [6.45, 7) is 1.75. The van der Waals surface area contributed by atoms with E-state index in [1.54, 1.807) is 17.5 Å². The third kappa shape index (κ3) is 4.02. The van der Waals surface area contributed by atoms with Crippen LogP contribution in [0.1, 0.15) is 24.1 Å². The zero-order valence-corrected chi connectivity index (χ0v) is 16.6. The van der Waals surface area contributed by atoms with Gasteiger partial charge in [0.15, 0.2) is 0 Å². The van der Waals surface area contributed by atoms with Crippen LogP contribution in [-0.2, 0) is 0 Å². The third-order valence-corrected chi connectivity index (χ3v) is 5.75. The van der Waals surface area contributed by atoms with Gasteiger partial charge in [-0.1, -0.05) is 12.0 Å². The predicted molar refractivity (Wildman–Crippen MR) is 116 cm³/mol. The number of thiophene rings is 1. The van der Waals surface area contributed by atoms with Gasteiger partial charge in [-0.2, -0.15) is 16.4 Å². The topological polar surface area (TPSA) is 62.8 Å². The van der Waals surface area contributed by atoms with Gasteiger partial charge in [-0.05, 0) is 60.5 Å². The fourth-order valence-corrected chi connectivity index (χ4v) is 4.10. The zero-order valence-electron chi connectivity index (χ0n) is 15.8. The average Bonchev–Trinajstić information content (AvgIpc) is 3.53. The van der Waals surface area contributed by atoms with Crippen molar-refractivity contribution in [2.75, 3.05) is 13.2 Å². The molecule has 144 valence electrons. The molecule has 1 unspecified atom stereocenters. The second-order valence-corrected chi connectivity index (χ2v) is 7.89. The van der Waals surface area contributed by atoms with Gasteiger partial charge in [-0.15, -0.1) is 0 Å². The van der Waals surface area contributed by atoms with E-state index in [4.69, 9.17) is 4.74 Å². The number of benzene rings is 1. The quantitative estimate of drug-likeness (QED) is 0.504. The summed E-state index contributed by atoms with van der Waals surface area (Å²) in [5, 5.41) is 16.0. The Kier molecular flexibility index (Phi) is 4.99. The number of nitrogens with zero attached hydrogens (tertiary/aromatic N) is 2. The molecule has 1 aliphatic heterocycles. The average molecular weight is 401 g/mol. The number of rotatable bonds is 4. The van der Waals surface area contributed by atoms with Crippen LogP contribution in [0.5, 0.6) is 5.75 Å². The molecule has 5 rings (SSSR count). The van der Waals surface area contributed by atoms with Crippen molar-refractivity contribution in [3.8, 4) is 28.7 Å². The molecule has 0 amide bonds. The van der Waals surface area contributed by atoms with Gasteiger partial charge >= 0.3 is 0 Å². The van der Waals surface area contributed by atoms with Crippen LogP contribution in [0.3, 0.4) is 0 Å². The first-order valence-electron chi connectivity index (χ1n) is 9.69. The van der Waals surface area contributed by atoms with Crippen molar-refractivity contribution < 1.29 is 4.74 Å². The van der Waals surface area contributed by atoms with Crippen LogP contribution < -0.4 is 10.1 Å². The fourth-order valence-electron chi connectivity index (χ4n) is 3.51. The predicted octanol–water partition coefficient (Wildman–Crippen LogP) is 4.22. The maximum Gasteiger partial charge on any atom is 0.143 e. The highest BCUT2D eigenvalue weighted by molar-refractivity contribution is 7.08. The van der Waals surface area contributed by atoms with E-state index < -0.39 is 0 Å². The molecule has 1 atom stereocenters. The Morgan fingerprint density at radius 1 is 1.14 bits per heavy atom. The molecule has 0 spiro atoms. The van der Waals surface area contributed by atoms with Crippen LogP contribution in [0.15, 0.2) is 53.5 Å². The first-order valence-corrected chi connectivity index (χ1v) is 10.6. The maximum absolute atomic E-state index is 5.96. The van der Waals surface area contributed by atoms with Crippen LogP contribution >= 0.6 is 11.3 Å². The van der Waals surface area contributed by atoms with Crippen LogP contribution in [0.4, 0.5) is 0 Å². The number of fused-ring (bicyclic) bond motifs is 1. The summed E-state index contributed by atoms with van der Waals surface area (Å²) < 4.78 is 5.96. The number of hydrogen-bond donors (Lipinski definition) is 2. The van der Waals surface area contributed by atoms with Gasteiger partial charge in [0.25, 0.3) is 0 Å². The van der Waals surface area contributed by atoms with E-state index in [2.05, 4.69) is 44.5 Å². The Bertz CT molecular complexity index is 1180. The van der Waals surface area contributed by atoms with Gasteiger partial charge in [0.1, 0.15) is 18.1 Å². The Morgan fingerprint density at radius 3 is 3.00 bits per heavy atom. The lowest BCUT2D eigenvalue weighted by Gasteiger charge is -2.12. The molecule has 0 saturated carbocycles. The molecule has 4 heterocycles. The Balaban J connectivity index is 1.41. The highest BCUT2D eigenvalue weighted by atomic mass is 32.1. The number of pyridine rings is 1. The number of ether oxygens (including phenoxy) is 1. The van der Waals surface area contributed by atoms with Crippen molar-refractivity contribution in [1.82, 2.24) is 20.5 Å². The van der Waals surface area contributed by atoms with Crippen LogP contribution in [0, 0.1) is 11.8 Å². The second-order valence-electron chi connectivity index (χ2n) is 7.11. The van der Waals surface area contributed by atoms with E-state index in [1.165, 1.54) is 12.8 Å². The molecule has 6 heteroatoms. The fraction of sp³-hybridized carbons (Fsp3) is 0.217. The van der Waals surface area contributed by atoms with Crippen LogP contribution in [-0.4, -0.2) is 34.4 Å². The summed E-state index contributed by atoms with van der Waals surface area (Å²) in [6.07, 6.45) is 6.01. The molecule has 1 saturated heterocycles. The normalized spacial score (nSPS) is 15.9. The number of nitrogens with one attached hydrogen (secondary N) is 2. The maximum atomic E-state index is 5.96. The summed E-state index contributed by atoms with van der Waals surface area (Å²) in [6, 6.07) is 10.7. The lowest BCUT2D eigenvalue weighted by molar-refractivity contribution is 0.276. The van der Waals surface area contributed by atoms with Crippen LogP contribution in [0.2, 0.25) is 0 Å². The molecule has 0 radical (unpaired) electrons. The Morgan fingerprint density at radius 2 is 2.14 bits per heavy atom. The van der Waals surface area contributed by atoms with Crippen molar-refractivity contribution >= 4 is 22.2 Å². The molecule has 5 nitrogen and oxygen atoms in total. The smallest absolute Gasteiger partial charge is 0.143 e. The molecule has 2 N–H and O–H groups in total. The second kappa shape index (κ2) is 8.08. The van der Waals surface area contributed by atoms with Gasteiger partial charge in [-0.25, -0.2) is 0 Å². The van der Waals surface area contributed by atoms with Crippen molar-refractivity contribution in [2.45, 2.75) is 18.9 Å².